The summed E-state index contributed by atoms with van der Waals surface area (Å²) in [6.07, 6.45) is 5.35. The molecule has 1 aliphatic rings. The lowest BCUT2D eigenvalue weighted by Gasteiger charge is -2.23. The highest BCUT2D eigenvalue weighted by atomic mass is 19.1. The molecule has 1 atom stereocenters. The largest absolute Gasteiger partial charge is 0.375 e. The van der Waals surface area contributed by atoms with E-state index in [1.807, 2.05) is 0 Å². The molecule has 0 bridgehead atoms. The number of benzene rings is 1. The molecule has 5 heteroatoms. The van der Waals surface area contributed by atoms with E-state index in [4.69, 9.17) is 4.74 Å². The van der Waals surface area contributed by atoms with Gasteiger partial charge in [-0.25, -0.2) is 9.18 Å². The van der Waals surface area contributed by atoms with Crippen LogP contribution >= 0.6 is 0 Å². The third-order valence-electron chi connectivity index (χ3n) is 3.89. The summed E-state index contributed by atoms with van der Waals surface area (Å²) in [5.74, 6) is -0.304. The maximum absolute atomic E-state index is 13.2. The van der Waals surface area contributed by atoms with Gasteiger partial charge in [0.2, 0.25) is 0 Å². The fourth-order valence-electron chi connectivity index (χ4n) is 2.71. The molecule has 2 rings (SSSR count). The lowest BCUT2D eigenvalue weighted by molar-refractivity contribution is 0.103. The van der Waals surface area contributed by atoms with Crippen LogP contribution in [0.4, 0.5) is 9.18 Å². The Morgan fingerprint density at radius 3 is 2.81 bits per heavy atom. The van der Waals surface area contributed by atoms with Gasteiger partial charge in [-0.3, -0.25) is 0 Å². The zero-order valence-electron chi connectivity index (χ0n) is 12.4. The minimum absolute atomic E-state index is 0.180. The van der Waals surface area contributed by atoms with E-state index in [2.05, 4.69) is 10.6 Å². The molecule has 1 aromatic rings. The molecular formula is C16H23FN2O2. The van der Waals surface area contributed by atoms with Gasteiger partial charge in [-0.05, 0) is 30.5 Å². The van der Waals surface area contributed by atoms with Gasteiger partial charge < -0.3 is 15.4 Å². The highest BCUT2D eigenvalue weighted by molar-refractivity contribution is 5.74. The van der Waals surface area contributed by atoms with E-state index >= 15 is 0 Å². The molecule has 1 fully saturated rings. The van der Waals surface area contributed by atoms with E-state index in [0.717, 1.165) is 18.4 Å². The van der Waals surface area contributed by atoms with Crippen LogP contribution in [0.15, 0.2) is 24.3 Å². The highest BCUT2D eigenvalue weighted by Gasteiger charge is 2.17. The third-order valence-corrected chi connectivity index (χ3v) is 3.89. The Morgan fingerprint density at radius 1 is 1.38 bits per heavy atom. The Bertz CT molecular complexity index is 461. The molecule has 0 aromatic heterocycles. The van der Waals surface area contributed by atoms with Crippen LogP contribution in [0.25, 0.3) is 0 Å². The SMILES string of the molecule is COC(CNC(=O)NC1CCCCC1)c1cccc(F)c1. The summed E-state index contributed by atoms with van der Waals surface area (Å²) < 4.78 is 18.5. The van der Waals surface area contributed by atoms with E-state index < -0.39 is 0 Å². The standard InChI is InChI=1S/C16H23FN2O2/c1-21-15(12-6-5-7-13(17)10-12)11-18-16(20)19-14-8-3-2-4-9-14/h5-7,10,14-15H,2-4,8-9,11H2,1H3,(H2,18,19,20). The quantitative estimate of drug-likeness (QED) is 0.876. The number of methoxy groups -OCH3 is 1. The Morgan fingerprint density at radius 2 is 2.14 bits per heavy atom. The Hall–Kier alpha value is -1.62. The van der Waals surface area contributed by atoms with Gasteiger partial charge in [-0.1, -0.05) is 31.4 Å². The first-order valence-corrected chi connectivity index (χ1v) is 7.51. The van der Waals surface area contributed by atoms with Crippen molar-refractivity contribution in [2.45, 2.75) is 44.2 Å². The van der Waals surface area contributed by atoms with Gasteiger partial charge in [-0.2, -0.15) is 0 Å². The Labute approximate surface area is 125 Å². The fourth-order valence-corrected chi connectivity index (χ4v) is 2.71. The first kappa shape index (κ1) is 15.8. The monoisotopic (exact) mass is 294 g/mol. The summed E-state index contributed by atoms with van der Waals surface area (Å²) >= 11 is 0. The van der Waals surface area contributed by atoms with E-state index in [0.29, 0.717) is 6.54 Å². The summed E-state index contributed by atoms with van der Waals surface area (Å²) in [5.41, 5.74) is 0.718. The summed E-state index contributed by atoms with van der Waals surface area (Å²) in [7, 11) is 1.55. The number of hydrogen-bond donors (Lipinski definition) is 2. The van der Waals surface area contributed by atoms with Crippen molar-refractivity contribution in [1.29, 1.82) is 0 Å². The number of amides is 2. The maximum Gasteiger partial charge on any atom is 0.315 e. The highest BCUT2D eigenvalue weighted by Crippen LogP contribution is 2.18. The number of rotatable bonds is 5. The Kier molecular flexibility index (Phi) is 5.99. The average molecular weight is 294 g/mol. The second-order valence-corrected chi connectivity index (χ2v) is 5.47. The number of carbonyl (C=O) groups is 1. The molecule has 1 unspecified atom stereocenters. The first-order valence-electron chi connectivity index (χ1n) is 7.51. The summed E-state index contributed by atoms with van der Waals surface area (Å²) in [5, 5.41) is 5.78. The van der Waals surface area contributed by atoms with Crippen molar-refractivity contribution in [2.24, 2.45) is 0 Å². The molecule has 1 aliphatic carbocycles. The molecule has 1 aromatic carbocycles. The topological polar surface area (TPSA) is 50.4 Å². The first-order chi connectivity index (χ1) is 10.2. The molecule has 116 valence electrons. The van der Waals surface area contributed by atoms with Crippen LogP contribution in [-0.2, 0) is 4.74 Å². The van der Waals surface area contributed by atoms with Crippen molar-refractivity contribution in [1.82, 2.24) is 10.6 Å². The number of halogens is 1. The molecule has 0 aliphatic heterocycles. The summed E-state index contributed by atoms with van der Waals surface area (Å²) in [6.45, 7) is 0.318. The van der Waals surface area contributed by atoms with Crippen LogP contribution < -0.4 is 10.6 Å². The van der Waals surface area contributed by atoms with Gasteiger partial charge in [0.25, 0.3) is 0 Å². The van der Waals surface area contributed by atoms with Crippen LogP contribution in [0.2, 0.25) is 0 Å². The van der Waals surface area contributed by atoms with Gasteiger partial charge >= 0.3 is 6.03 Å². The smallest absolute Gasteiger partial charge is 0.315 e. The summed E-state index contributed by atoms with van der Waals surface area (Å²) in [4.78, 5) is 11.9. The molecule has 0 spiro atoms. The molecule has 4 nitrogen and oxygen atoms in total. The Balaban J connectivity index is 1.80. The van der Waals surface area contributed by atoms with Gasteiger partial charge in [0.05, 0.1) is 6.10 Å². The van der Waals surface area contributed by atoms with Crippen LogP contribution in [0, 0.1) is 5.82 Å². The van der Waals surface area contributed by atoms with Crippen LogP contribution in [-0.4, -0.2) is 25.7 Å². The van der Waals surface area contributed by atoms with Crippen molar-refractivity contribution in [3.63, 3.8) is 0 Å². The van der Waals surface area contributed by atoms with Gasteiger partial charge in [0.1, 0.15) is 5.82 Å². The number of carbonyl (C=O) groups excluding carboxylic acids is 1. The second kappa shape index (κ2) is 7.98. The molecule has 1 saturated carbocycles. The van der Waals surface area contributed by atoms with Crippen molar-refractivity contribution in [2.75, 3.05) is 13.7 Å². The van der Waals surface area contributed by atoms with E-state index in [1.54, 1.807) is 19.2 Å². The third kappa shape index (κ3) is 5.01. The number of nitrogens with one attached hydrogen (secondary N) is 2. The minimum atomic E-state index is -0.349. The second-order valence-electron chi connectivity index (χ2n) is 5.47. The van der Waals surface area contributed by atoms with E-state index in [9.17, 15) is 9.18 Å². The normalized spacial score (nSPS) is 17.2. The number of hydrogen-bond acceptors (Lipinski definition) is 2. The van der Waals surface area contributed by atoms with Crippen LogP contribution in [0.3, 0.4) is 0 Å². The number of urea groups is 1. The molecule has 2 amide bonds. The van der Waals surface area contributed by atoms with Crippen molar-refractivity contribution in [3.05, 3.63) is 35.6 Å². The minimum Gasteiger partial charge on any atom is -0.375 e. The molecule has 0 saturated heterocycles. The summed E-state index contributed by atoms with van der Waals surface area (Å²) in [6, 6.07) is 6.33. The lowest BCUT2D eigenvalue weighted by Crippen LogP contribution is -2.44. The lowest BCUT2D eigenvalue weighted by atomic mass is 9.96. The van der Waals surface area contributed by atoms with Gasteiger partial charge in [0, 0.05) is 19.7 Å². The number of ether oxygens (including phenoxy) is 1. The zero-order chi connectivity index (χ0) is 15.1. The van der Waals surface area contributed by atoms with Crippen molar-refractivity contribution >= 4 is 6.03 Å². The fraction of sp³-hybridized carbons (Fsp3) is 0.562. The molecular weight excluding hydrogens is 271 g/mol. The van der Waals surface area contributed by atoms with Gasteiger partial charge in [0.15, 0.2) is 0 Å². The zero-order valence-corrected chi connectivity index (χ0v) is 12.4. The van der Waals surface area contributed by atoms with Crippen LogP contribution in [0.1, 0.15) is 43.8 Å². The van der Waals surface area contributed by atoms with E-state index in [1.165, 1.54) is 31.4 Å². The van der Waals surface area contributed by atoms with Crippen molar-refractivity contribution < 1.29 is 13.9 Å². The predicted molar refractivity (Wildman–Crippen MR) is 79.6 cm³/mol. The maximum atomic E-state index is 13.2. The molecule has 2 N–H and O–H groups in total. The van der Waals surface area contributed by atoms with Crippen LogP contribution in [0.5, 0.6) is 0 Å². The van der Waals surface area contributed by atoms with Crippen molar-refractivity contribution in [3.8, 4) is 0 Å². The predicted octanol–water partition coefficient (Wildman–Crippen LogP) is 3.15. The van der Waals surface area contributed by atoms with E-state index in [-0.39, 0.29) is 24.0 Å². The molecule has 0 radical (unpaired) electrons. The van der Waals surface area contributed by atoms with Gasteiger partial charge in [-0.15, -0.1) is 0 Å². The molecule has 21 heavy (non-hydrogen) atoms. The molecule has 0 heterocycles. The average Bonchev–Trinajstić information content (AvgIpc) is 2.49.